The molecule has 1 amide bonds. The van der Waals surface area contributed by atoms with Gasteiger partial charge in [0.2, 0.25) is 17.5 Å². The van der Waals surface area contributed by atoms with Crippen molar-refractivity contribution in [3.63, 3.8) is 0 Å². The molecular formula is C21H18N4O4S. The maximum absolute atomic E-state index is 12.8. The summed E-state index contributed by atoms with van der Waals surface area (Å²) < 4.78 is 12.3. The van der Waals surface area contributed by atoms with Gasteiger partial charge in [-0.3, -0.25) is 9.59 Å². The van der Waals surface area contributed by atoms with Gasteiger partial charge in [-0.05, 0) is 48.5 Å². The number of ether oxygens (including phenoxy) is 2. The number of hydrogen-bond donors (Lipinski definition) is 2. The molecule has 3 aromatic rings. The number of carbonyl (C=O) groups is 2. The predicted octanol–water partition coefficient (Wildman–Crippen LogP) is 3.03. The number of anilines is 1. The van der Waals surface area contributed by atoms with E-state index in [1.54, 1.807) is 0 Å². The molecule has 1 atom stereocenters. The molecule has 8 nitrogen and oxygen atoms in total. The fourth-order valence-electron chi connectivity index (χ4n) is 3.68. The second-order valence-electron chi connectivity index (χ2n) is 7.13. The molecule has 2 N–H and O–H groups in total. The third-order valence-electron chi connectivity index (χ3n) is 5.21. The summed E-state index contributed by atoms with van der Waals surface area (Å²) in [6.07, 6.45) is 0.567. The van der Waals surface area contributed by atoms with Gasteiger partial charge in [0, 0.05) is 18.4 Å². The van der Waals surface area contributed by atoms with Gasteiger partial charge in [-0.1, -0.05) is 18.2 Å². The van der Waals surface area contributed by atoms with E-state index in [1.165, 1.54) is 4.57 Å². The Morgan fingerprint density at radius 3 is 2.97 bits per heavy atom. The van der Waals surface area contributed by atoms with E-state index < -0.39 is 6.04 Å². The van der Waals surface area contributed by atoms with Crippen molar-refractivity contribution in [2.75, 3.05) is 12.1 Å². The molecule has 3 heterocycles. The zero-order valence-corrected chi connectivity index (χ0v) is 16.7. The van der Waals surface area contributed by atoms with E-state index in [2.05, 4.69) is 15.6 Å². The Kier molecular flexibility index (Phi) is 4.59. The van der Waals surface area contributed by atoms with Crippen LogP contribution in [0.4, 0.5) is 5.82 Å². The summed E-state index contributed by atoms with van der Waals surface area (Å²) in [5, 5.41) is 6.93. The Morgan fingerprint density at radius 2 is 2.07 bits per heavy atom. The first kappa shape index (κ1) is 18.6. The van der Waals surface area contributed by atoms with E-state index in [0.717, 1.165) is 16.5 Å². The lowest BCUT2D eigenvalue weighted by molar-refractivity contribution is -0.121. The van der Waals surface area contributed by atoms with Crippen LogP contribution in [-0.4, -0.2) is 34.2 Å². The highest BCUT2D eigenvalue weighted by molar-refractivity contribution is 7.71. The summed E-state index contributed by atoms with van der Waals surface area (Å²) in [6.45, 7) is 0.589. The Morgan fingerprint density at radius 1 is 1.23 bits per heavy atom. The zero-order valence-electron chi connectivity index (χ0n) is 15.9. The van der Waals surface area contributed by atoms with Gasteiger partial charge in [-0.2, -0.15) is 0 Å². The lowest BCUT2D eigenvalue weighted by atomic mass is 10.1. The smallest absolute Gasteiger partial charge is 0.257 e. The van der Waals surface area contributed by atoms with E-state index in [9.17, 15) is 9.59 Å². The summed E-state index contributed by atoms with van der Waals surface area (Å²) >= 11 is 5.29. The molecule has 0 saturated heterocycles. The Bertz CT molecular complexity index is 1240. The van der Waals surface area contributed by atoms with Crippen molar-refractivity contribution in [2.24, 2.45) is 0 Å². The van der Waals surface area contributed by atoms with Crippen molar-refractivity contribution in [1.82, 2.24) is 14.9 Å². The Balaban J connectivity index is 1.22. The minimum Gasteiger partial charge on any atom is -0.454 e. The first-order valence-corrected chi connectivity index (χ1v) is 9.99. The van der Waals surface area contributed by atoms with Crippen LogP contribution in [0.2, 0.25) is 0 Å². The SMILES string of the molecule is O=C(CC[C@H]1Nc2c3ccccc3nc(=S)n2C1=O)NCc1ccc2c(c1)OCO2. The van der Waals surface area contributed by atoms with Crippen LogP contribution in [-0.2, 0) is 11.3 Å². The average molecular weight is 422 g/mol. The Labute approximate surface area is 176 Å². The van der Waals surface area contributed by atoms with Gasteiger partial charge in [0.05, 0.1) is 5.52 Å². The van der Waals surface area contributed by atoms with Crippen LogP contribution in [0.1, 0.15) is 23.2 Å². The molecule has 30 heavy (non-hydrogen) atoms. The zero-order chi connectivity index (χ0) is 20.7. The number of amides is 1. The van der Waals surface area contributed by atoms with Crippen LogP contribution in [0, 0.1) is 4.77 Å². The lowest BCUT2D eigenvalue weighted by Crippen LogP contribution is -2.29. The van der Waals surface area contributed by atoms with Gasteiger partial charge in [-0.25, -0.2) is 9.55 Å². The molecule has 2 aromatic carbocycles. The molecule has 0 spiro atoms. The summed E-state index contributed by atoms with van der Waals surface area (Å²) in [7, 11) is 0. The van der Waals surface area contributed by atoms with Crippen molar-refractivity contribution in [1.29, 1.82) is 0 Å². The van der Waals surface area contributed by atoms with E-state index >= 15 is 0 Å². The molecule has 9 heteroatoms. The molecule has 1 aromatic heterocycles. The van der Waals surface area contributed by atoms with E-state index in [4.69, 9.17) is 21.7 Å². The third-order valence-corrected chi connectivity index (χ3v) is 5.48. The first-order chi connectivity index (χ1) is 14.6. The molecule has 0 radical (unpaired) electrons. The fourth-order valence-corrected chi connectivity index (χ4v) is 3.96. The monoisotopic (exact) mass is 422 g/mol. The lowest BCUT2D eigenvalue weighted by Gasteiger charge is -2.10. The van der Waals surface area contributed by atoms with Crippen LogP contribution in [0.3, 0.4) is 0 Å². The molecule has 0 aliphatic carbocycles. The van der Waals surface area contributed by atoms with Gasteiger partial charge >= 0.3 is 0 Å². The van der Waals surface area contributed by atoms with Crippen LogP contribution in [0.5, 0.6) is 11.5 Å². The van der Waals surface area contributed by atoms with Crippen molar-refractivity contribution >= 4 is 40.8 Å². The van der Waals surface area contributed by atoms with Crippen LogP contribution < -0.4 is 20.1 Å². The molecule has 0 fully saturated rings. The van der Waals surface area contributed by atoms with E-state index in [1.807, 2.05) is 42.5 Å². The fraction of sp³-hybridized carbons (Fsp3) is 0.238. The first-order valence-electron chi connectivity index (χ1n) is 9.58. The Hall–Kier alpha value is -3.46. The highest BCUT2D eigenvalue weighted by Gasteiger charge is 2.32. The minimum absolute atomic E-state index is 0.134. The molecule has 0 saturated carbocycles. The number of rotatable bonds is 5. The number of hydrogen-bond acceptors (Lipinski definition) is 7. The molecule has 0 unspecified atom stereocenters. The highest BCUT2D eigenvalue weighted by atomic mass is 32.1. The van der Waals surface area contributed by atoms with Gasteiger partial charge in [0.1, 0.15) is 11.9 Å². The van der Waals surface area contributed by atoms with E-state index in [-0.39, 0.29) is 29.8 Å². The number of aromatic nitrogens is 2. The summed E-state index contributed by atoms with van der Waals surface area (Å²) in [6, 6.07) is 12.5. The summed E-state index contributed by atoms with van der Waals surface area (Å²) in [4.78, 5) is 29.5. The van der Waals surface area contributed by atoms with Crippen LogP contribution in [0.25, 0.3) is 10.9 Å². The molecule has 2 aliphatic rings. The second-order valence-corrected chi connectivity index (χ2v) is 7.50. The number of fused-ring (bicyclic) bond motifs is 4. The standard InChI is InChI=1S/C21H18N4O4S/c26-18(22-10-12-5-7-16-17(9-12)29-11-28-16)8-6-15-20(27)25-19(23-15)13-3-1-2-4-14(13)24-21(25)30/h1-5,7,9,15,23H,6,8,10-11H2,(H,22,26)/t15-/m1/s1. The predicted molar refractivity (Wildman–Crippen MR) is 112 cm³/mol. The van der Waals surface area contributed by atoms with Gasteiger partial charge in [0.15, 0.2) is 11.5 Å². The molecular weight excluding hydrogens is 404 g/mol. The normalized spacial score (nSPS) is 16.4. The van der Waals surface area contributed by atoms with Crippen molar-refractivity contribution in [2.45, 2.75) is 25.4 Å². The van der Waals surface area contributed by atoms with Crippen molar-refractivity contribution < 1.29 is 19.1 Å². The number of para-hydroxylation sites is 1. The highest BCUT2D eigenvalue weighted by Crippen LogP contribution is 2.32. The van der Waals surface area contributed by atoms with Crippen LogP contribution in [0.15, 0.2) is 42.5 Å². The van der Waals surface area contributed by atoms with E-state index in [0.29, 0.717) is 30.3 Å². The largest absolute Gasteiger partial charge is 0.454 e. The average Bonchev–Trinajstić information content (AvgIpc) is 3.35. The van der Waals surface area contributed by atoms with Crippen molar-refractivity contribution in [3.05, 3.63) is 52.8 Å². The van der Waals surface area contributed by atoms with Crippen LogP contribution >= 0.6 is 12.2 Å². The quantitative estimate of drug-likeness (QED) is 0.611. The molecule has 0 bridgehead atoms. The number of nitrogens with one attached hydrogen (secondary N) is 2. The van der Waals surface area contributed by atoms with Gasteiger partial charge < -0.3 is 20.1 Å². The number of carbonyl (C=O) groups excluding carboxylic acids is 2. The molecule has 152 valence electrons. The van der Waals surface area contributed by atoms with Gasteiger partial charge in [-0.15, -0.1) is 0 Å². The summed E-state index contributed by atoms with van der Waals surface area (Å²) in [5.74, 6) is 1.71. The number of benzene rings is 2. The van der Waals surface area contributed by atoms with Crippen molar-refractivity contribution in [3.8, 4) is 11.5 Å². The molecule has 2 aliphatic heterocycles. The number of nitrogens with zero attached hydrogens (tertiary/aromatic N) is 2. The molecule has 5 rings (SSSR count). The maximum atomic E-state index is 12.8. The second kappa shape index (κ2) is 7.42. The topological polar surface area (TPSA) is 94.5 Å². The van der Waals surface area contributed by atoms with Gasteiger partial charge in [0.25, 0.3) is 5.91 Å². The third kappa shape index (κ3) is 3.26. The minimum atomic E-state index is -0.518. The maximum Gasteiger partial charge on any atom is 0.257 e. The summed E-state index contributed by atoms with van der Waals surface area (Å²) in [5.41, 5.74) is 1.65.